The average molecular weight is 357 g/mol. The van der Waals surface area contributed by atoms with E-state index in [1.807, 2.05) is 6.92 Å². The largest absolute Gasteiger partial charge is 0.309 e. The van der Waals surface area contributed by atoms with Gasteiger partial charge in [-0.15, -0.1) is 0 Å². The molecule has 1 heterocycles. The van der Waals surface area contributed by atoms with Crippen molar-refractivity contribution in [3.63, 3.8) is 0 Å². The molecule has 1 aromatic heterocycles. The van der Waals surface area contributed by atoms with Crippen LogP contribution in [0.25, 0.3) is 10.9 Å². The molecule has 25 heavy (non-hydrogen) atoms. The Hall–Kier alpha value is -2.51. The van der Waals surface area contributed by atoms with Crippen LogP contribution in [0.3, 0.4) is 0 Å². The van der Waals surface area contributed by atoms with Gasteiger partial charge in [0.05, 0.1) is 22.3 Å². The number of hydrogen-bond donors (Lipinski definition) is 1. The molecule has 0 saturated heterocycles. The molecule has 0 atom stereocenters. The summed E-state index contributed by atoms with van der Waals surface area (Å²) in [6.07, 6.45) is 0. The average Bonchev–Trinajstić information content (AvgIpc) is 2.60. The number of H-pyrrole nitrogens is 1. The third-order valence-corrected chi connectivity index (χ3v) is 5.93. The molecule has 0 aliphatic carbocycles. The maximum atomic E-state index is 12.8. The molecule has 7 heteroatoms. The third-order valence-electron chi connectivity index (χ3n) is 4.00. The first-order valence-corrected chi connectivity index (χ1v) is 9.40. The Labute approximate surface area is 146 Å². The lowest BCUT2D eigenvalue weighted by molar-refractivity contribution is 0.414. The first-order chi connectivity index (χ1) is 11.9. The summed E-state index contributed by atoms with van der Waals surface area (Å²) in [7, 11) is -3.66. The molecular formula is C18H19N3O3S. The number of aryl methyl sites for hydroxylation is 1. The smallest absolute Gasteiger partial charge is 0.258 e. The van der Waals surface area contributed by atoms with E-state index in [0.717, 1.165) is 5.56 Å². The van der Waals surface area contributed by atoms with Crippen LogP contribution in [0.15, 0.2) is 58.2 Å². The standard InChI is InChI=1S/C18H19N3O3S/c1-3-21(25(23,24)14-10-8-13(2)9-11-14)12-17-19-16-7-5-4-6-15(16)18(22)20-17/h4-11H,3,12H2,1-2H3,(H,19,20,22). The van der Waals surface area contributed by atoms with E-state index in [0.29, 0.717) is 16.7 Å². The zero-order chi connectivity index (χ0) is 18.0. The Kier molecular flexibility index (Phi) is 4.69. The lowest BCUT2D eigenvalue weighted by atomic mass is 10.2. The van der Waals surface area contributed by atoms with Gasteiger partial charge in [-0.05, 0) is 31.2 Å². The highest BCUT2D eigenvalue weighted by atomic mass is 32.2. The number of para-hydroxylation sites is 1. The zero-order valence-electron chi connectivity index (χ0n) is 14.1. The number of hydrogen-bond acceptors (Lipinski definition) is 4. The summed E-state index contributed by atoms with van der Waals surface area (Å²) in [6, 6.07) is 13.7. The predicted octanol–water partition coefficient (Wildman–Crippen LogP) is 2.44. The summed E-state index contributed by atoms with van der Waals surface area (Å²) in [6.45, 7) is 3.93. The van der Waals surface area contributed by atoms with Crippen molar-refractivity contribution < 1.29 is 8.42 Å². The van der Waals surface area contributed by atoms with Crippen LogP contribution in [-0.2, 0) is 16.6 Å². The summed E-state index contributed by atoms with van der Waals surface area (Å²) in [5.41, 5.74) is 1.26. The fraction of sp³-hybridized carbons (Fsp3) is 0.222. The van der Waals surface area contributed by atoms with Crippen molar-refractivity contribution in [2.45, 2.75) is 25.3 Å². The molecule has 0 spiro atoms. The van der Waals surface area contributed by atoms with Crippen LogP contribution in [0.4, 0.5) is 0 Å². The molecule has 0 radical (unpaired) electrons. The van der Waals surface area contributed by atoms with E-state index in [1.54, 1.807) is 55.5 Å². The quantitative estimate of drug-likeness (QED) is 0.760. The second-order valence-corrected chi connectivity index (χ2v) is 7.71. The lowest BCUT2D eigenvalue weighted by Gasteiger charge is -2.20. The molecule has 0 amide bonds. The van der Waals surface area contributed by atoms with Crippen molar-refractivity contribution in [1.29, 1.82) is 0 Å². The molecule has 130 valence electrons. The zero-order valence-corrected chi connectivity index (χ0v) is 14.9. The SMILES string of the molecule is CCN(Cc1nc2ccccc2c(=O)[nH]1)S(=O)(=O)c1ccc(C)cc1. The minimum atomic E-state index is -3.66. The minimum absolute atomic E-state index is 0.00673. The molecular weight excluding hydrogens is 338 g/mol. The van der Waals surface area contributed by atoms with E-state index >= 15 is 0 Å². The minimum Gasteiger partial charge on any atom is -0.309 e. The van der Waals surface area contributed by atoms with E-state index in [2.05, 4.69) is 9.97 Å². The number of nitrogens with zero attached hydrogens (tertiary/aromatic N) is 2. The topological polar surface area (TPSA) is 83.1 Å². The van der Waals surface area contributed by atoms with E-state index in [-0.39, 0.29) is 23.5 Å². The van der Waals surface area contributed by atoms with Crippen molar-refractivity contribution in [3.8, 4) is 0 Å². The van der Waals surface area contributed by atoms with E-state index < -0.39 is 10.0 Å². The Morgan fingerprint density at radius 1 is 1.08 bits per heavy atom. The molecule has 0 aliphatic rings. The van der Waals surface area contributed by atoms with Gasteiger partial charge in [-0.1, -0.05) is 36.8 Å². The molecule has 6 nitrogen and oxygen atoms in total. The van der Waals surface area contributed by atoms with Gasteiger partial charge in [-0.2, -0.15) is 4.31 Å². The Balaban J connectivity index is 1.97. The predicted molar refractivity (Wildman–Crippen MR) is 96.8 cm³/mol. The van der Waals surface area contributed by atoms with Gasteiger partial charge in [0, 0.05) is 6.54 Å². The summed E-state index contributed by atoms with van der Waals surface area (Å²) in [4.78, 5) is 19.4. The number of nitrogens with one attached hydrogen (secondary N) is 1. The lowest BCUT2D eigenvalue weighted by Crippen LogP contribution is -2.32. The third kappa shape index (κ3) is 3.47. The van der Waals surface area contributed by atoms with Gasteiger partial charge in [-0.3, -0.25) is 4.79 Å². The van der Waals surface area contributed by atoms with Crippen molar-refractivity contribution >= 4 is 20.9 Å². The number of benzene rings is 2. The van der Waals surface area contributed by atoms with Crippen LogP contribution in [0, 0.1) is 6.92 Å². The van der Waals surface area contributed by atoms with Gasteiger partial charge >= 0.3 is 0 Å². The highest BCUT2D eigenvalue weighted by Crippen LogP contribution is 2.18. The van der Waals surface area contributed by atoms with Crippen LogP contribution < -0.4 is 5.56 Å². The number of fused-ring (bicyclic) bond motifs is 1. The van der Waals surface area contributed by atoms with E-state index in [9.17, 15) is 13.2 Å². The van der Waals surface area contributed by atoms with Gasteiger partial charge in [0.25, 0.3) is 5.56 Å². The van der Waals surface area contributed by atoms with Crippen LogP contribution in [-0.4, -0.2) is 29.2 Å². The van der Waals surface area contributed by atoms with E-state index in [4.69, 9.17) is 0 Å². The molecule has 3 rings (SSSR count). The van der Waals surface area contributed by atoms with Crippen molar-refractivity contribution in [2.75, 3.05) is 6.54 Å². The summed E-state index contributed by atoms with van der Waals surface area (Å²) in [5.74, 6) is 0.321. The first-order valence-electron chi connectivity index (χ1n) is 7.96. The first kappa shape index (κ1) is 17.3. The van der Waals surface area contributed by atoms with Crippen molar-refractivity contribution in [2.24, 2.45) is 0 Å². The van der Waals surface area contributed by atoms with Crippen molar-refractivity contribution in [1.82, 2.24) is 14.3 Å². The van der Waals surface area contributed by atoms with Gasteiger partial charge in [0.2, 0.25) is 10.0 Å². The molecule has 3 aromatic rings. The Morgan fingerprint density at radius 2 is 1.76 bits per heavy atom. The van der Waals surface area contributed by atoms with Crippen LogP contribution >= 0.6 is 0 Å². The number of aromatic amines is 1. The molecule has 2 aromatic carbocycles. The van der Waals surface area contributed by atoms with Gasteiger partial charge < -0.3 is 4.98 Å². The number of rotatable bonds is 5. The number of aromatic nitrogens is 2. The van der Waals surface area contributed by atoms with E-state index in [1.165, 1.54) is 4.31 Å². The highest BCUT2D eigenvalue weighted by Gasteiger charge is 2.24. The molecule has 0 unspecified atom stereocenters. The van der Waals surface area contributed by atoms with Crippen molar-refractivity contribution in [3.05, 3.63) is 70.3 Å². The van der Waals surface area contributed by atoms with Gasteiger partial charge in [0.1, 0.15) is 5.82 Å². The summed E-state index contributed by atoms with van der Waals surface area (Å²) in [5, 5.41) is 0.482. The maximum absolute atomic E-state index is 12.8. The normalized spacial score (nSPS) is 12.0. The molecule has 0 saturated carbocycles. The highest BCUT2D eigenvalue weighted by molar-refractivity contribution is 7.89. The summed E-state index contributed by atoms with van der Waals surface area (Å²) >= 11 is 0. The van der Waals surface area contributed by atoms with Crippen LogP contribution in [0.5, 0.6) is 0 Å². The van der Waals surface area contributed by atoms with Crippen LogP contribution in [0.1, 0.15) is 18.3 Å². The fourth-order valence-electron chi connectivity index (χ4n) is 2.60. The Bertz CT molecular complexity index is 1060. The van der Waals surface area contributed by atoms with Gasteiger partial charge in [-0.25, -0.2) is 13.4 Å². The molecule has 0 bridgehead atoms. The van der Waals surface area contributed by atoms with Gasteiger partial charge in [0.15, 0.2) is 0 Å². The molecule has 0 aliphatic heterocycles. The van der Waals surface area contributed by atoms with Crippen LogP contribution in [0.2, 0.25) is 0 Å². The molecule has 1 N–H and O–H groups in total. The maximum Gasteiger partial charge on any atom is 0.258 e. The number of sulfonamides is 1. The monoisotopic (exact) mass is 357 g/mol. The second kappa shape index (κ2) is 6.78. The Morgan fingerprint density at radius 3 is 2.44 bits per heavy atom. The molecule has 0 fully saturated rings. The summed E-state index contributed by atoms with van der Waals surface area (Å²) < 4.78 is 27.0. The second-order valence-electron chi connectivity index (χ2n) is 5.77. The fourth-order valence-corrected chi connectivity index (χ4v) is 4.01.